The second-order valence-electron chi connectivity index (χ2n) is 5.78. The molecule has 1 aromatic rings. The molecule has 0 aliphatic carbocycles. The third-order valence-electron chi connectivity index (χ3n) is 4.36. The number of morpholine rings is 1. The summed E-state index contributed by atoms with van der Waals surface area (Å²) in [6, 6.07) is 2.17. The Morgan fingerprint density at radius 1 is 1.35 bits per heavy atom. The number of ether oxygens (including phenoxy) is 2. The number of nitrogens with one attached hydrogen (secondary N) is 1. The molecular formula is C15H20Br2N2O3S. The van der Waals surface area contributed by atoms with Crippen LogP contribution in [0, 0.1) is 5.92 Å². The molecule has 128 valence electrons. The second-order valence-corrected chi connectivity index (χ2v) is 9.01. The van der Waals surface area contributed by atoms with Crippen LogP contribution in [0.2, 0.25) is 0 Å². The van der Waals surface area contributed by atoms with Crippen molar-refractivity contribution in [3.05, 3.63) is 19.2 Å². The van der Waals surface area contributed by atoms with Crippen LogP contribution in [0.25, 0.3) is 0 Å². The lowest BCUT2D eigenvalue weighted by atomic mass is 9.97. The number of halogens is 2. The molecule has 0 radical (unpaired) electrons. The topological polar surface area (TPSA) is 50.8 Å². The van der Waals surface area contributed by atoms with Gasteiger partial charge in [-0.15, -0.1) is 11.3 Å². The molecular weight excluding hydrogens is 448 g/mol. The first-order valence-corrected chi connectivity index (χ1v) is 10.2. The predicted octanol–water partition coefficient (Wildman–Crippen LogP) is 2.74. The predicted molar refractivity (Wildman–Crippen MR) is 97.2 cm³/mol. The Hall–Kier alpha value is 0.01000. The van der Waals surface area contributed by atoms with Crippen LogP contribution >= 0.6 is 43.2 Å². The first-order chi connectivity index (χ1) is 11.1. The van der Waals surface area contributed by atoms with Crippen molar-refractivity contribution in [1.82, 2.24) is 10.2 Å². The van der Waals surface area contributed by atoms with Crippen molar-refractivity contribution in [2.45, 2.75) is 12.5 Å². The fourth-order valence-corrected chi connectivity index (χ4v) is 5.05. The molecule has 8 heteroatoms. The second kappa shape index (κ2) is 8.40. The van der Waals surface area contributed by atoms with Crippen LogP contribution < -0.4 is 5.32 Å². The molecule has 1 N–H and O–H groups in total. The van der Waals surface area contributed by atoms with Crippen molar-refractivity contribution in [1.29, 1.82) is 0 Å². The van der Waals surface area contributed by atoms with Crippen LogP contribution in [0.3, 0.4) is 0 Å². The van der Waals surface area contributed by atoms with Crippen molar-refractivity contribution >= 4 is 49.1 Å². The van der Waals surface area contributed by atoms with E-state index in [4.69, 9.17) is 9.47 Å². The van der Waals surface area contributed by atoms with Gasteiger partial charge >= 0.3 is 0 Å². The molecule has 0 spiro atoms. The maximum Gasteiger partial charge on any atom is 0.261 e. The van der Waals surface area contributed by atoms with Gasteiger partial charge in [0.25, 0.3) is 5.91 Å². The largest absolute Gasteiger partial charge is 0.381 e. The lowest BCUT2D eigenvalue weighted by Gasteiger charge is -2.37. The van der Waals surface area contributed by atoms with E-state index in [2.05, 4.69) is 42.1 Å². The monoisotopic (exact) mass is 466 g/mol. The summed E-state index contributed by atoms with van der Waals surface area (Å²) in [5.41, 5.74) is 0. The summed E-state index contributed by atoms with van der Waals surface area (Å²) in [4.78, 5) is 15.5. The molecule has 2 aliphatic heterocycles. The van der Waals surface area contributed by atoms with E-state index in [-0.39, 0.29) is 5.91 Å². The smallest absolute Gasteiger partial charge is 0.261 e. The summed E-state index contributed by atoms with van der Waals surface area (Å²) in [5, 5.41) is 3.11. The average Bonchev–Trinajstić information content (AvgIpc) is 3.19. The Labute approximate surface area is 157 Å². The van der Waals surface area contributed by atoms with E-state index in [0.717, 1.165) is 54.2 Å². The first kappa shape index (κ1) is 17.8. The third-order valence-corrected chi connectivity index (χ3v) is 7.62. The zero-order valence-corrected chi connectivity index (χ0v) is 16.7. The van der Waals surface area contributed by atoms with E-state index in [0.29, 0.717) is 23.4 Å². The van der Waals surface area contributed by atoms with Gasteiger partial charge < -0.3 is 14.8 Å². The van der Waals surface area contributed by atoms with E-state index in [1.807, 2.05) is 6.07 Å². The molecule has 2 fully saturated rings. The number of hydrogen-bond donors (Lipinski definition) is 1. The molecule has 3 heterocycles. The van der Waals surface area contributed by atoms with Gasteiger partial charge in [-0.1, -0.05) is 0 Å². The van der Waals surface area contributed by atoms with Gasteiger partial charge in [0.05, 0.1) is 28.5 Å². The van der Waals surface area contributed by atoms with E-state index >= 15 is 0 Å². The average molecular weight is 468 g/mol. The first-order valence-electron chi connectivity index (χ1n) is 7.77. The number of nitrogens with zero attached hydrogens (tertiary/aromatic N) is 1. The zero-order valence-electron chi connectivity index (χ0n) is 12.7. The molecule has 0 bridgehead atoms. The molecule has 3 rings (SSSR count). The van der Waals surface area contributed by atoms with Gasteiger partial charge in [0.15, 0.2) is 0 Å². The number of amides is 1. The van der Waals surface area contributed by atoms with Gasteiger partial charge in [0.2, 0.25) is 0 Å². The Morgan fingerprint density at radius 3 is 2.74 bits per heavy atom. The number of carbonyl (C=O) groups is 1. The van der Waals surface area contributed by atoms with Crippen LogP contribution in [-0.4, -0.2) is 62.9 Å². The number of thiophene rings is 1. The summed E-state index contributed by atoms with van der Waals surface area (Å²) < 4.78 is 12.9. The lowest BCUT2D eigenvalue weighted by Crippen LogP contribution is -2.52. The minimum atomic E-state index is -0.0152. The SMILES string of the molecule is O=C(NCC(C1CCOC1)N1CCOCC1)c1cc(Br)c(Br)s1. The van der Waals surface area contributed by atoms with Crippen molar-refractivity contribution in [3.8, 4) is 0 Å². The maximum atomic E-state index is 12.4. The summed E-state index contributed by atoms with van der Waals surface area (Å²) in [5.74, 6) is 0.466. The van der Waals surface area contributed by atoms with Crippen molar-refractivity contribution in [3.63, 3.8) is 0 Å². The molecule has 2 aliphatic rings. The molecule has 2 saturated heterocycles. The minimum Gasteiger partial charge on any atom is -0.381 e. The highest BCUT2D eigenvalue weighted by Gasteiger charge is 2.31. The van der Waals surface area contributed by atoms with E-state index < -0.39 is 0 Å². The quantitative estimate of drug-likeness (QED) is 0.723. The summed E-state index contributed by atoms with van der Waals surface area (Å²) in [6.45, 7) is 5.64. The lowest BCUT2D eigenvalue weighted by molar-refractivity contribution is 0.00167. The van der Waals surface area contributed by atoms with E-state index in [1.54, 1.807) is 0 Å². The molecule has 2 atom stereocenters. The molecule has 1 amide bonds. The van der Waals surface area contributed by atoms with Crippen LogP contribution in [0.15, 0.2) is 14.3 Å². The molecule has 2 unspecified atom stereocenters. The van der Waals surface area contributed by atoms with E-state index in [9.17, 15) is 4.79 Å². The maximum absolute atomic E-state index is 12.4. The fraction of sp³-hybridized carbons (Fsp3) is 0.667. The molecule has 5 nitrogen and oxygen atoms in total. The van der Waals surface area contributed by atoms with Gasteiger partial charge in [-0.25, -0.2) is 0 Å². The van der Waals surface area contributed by atoms with Gasteiger partial charge in [-0.3, -0.25) is 9.69 Å². The summed E-state index contributed by atoms with van der Waals surface area (Å²) in [7, 11) is 0. The molecule has 23 heavy (non-hydrogen) atoms. The van der Waals surface area contributed by atoms with E-state index in [1.165, 1.54) is 11.3 Å². The highest BCUT2D eigenvalue weighted by Crippen LogP contribution is 2.32. The van der Waals surface area contributed by atoms with Gasteiger partial charge in [0, 0.05) is 42.7 Å². The van der Waals surface area contributed by atoms with Crippen LogP contribution in [0.5, 0.6) is 0 Å². The van der Waals surface area contributed by atoms with Gasteiger partial charge in [-0.05, 0) is 44.3 Å². The highest BCUT2D eigenvalue weighted by molar-refractivity contribution is 9.13. The Morgan fingerprint density at radius 2 is 2.13 bits per heavy atom. The molecule has 0 saturated carbocycles. The Kier molecular flexibility index (Phi) is 6.51. The van der Waals surface area contributed by atoms with Crippen LogP contribution in [0.1, 0.15) is 16.1 Å². The van der Waals surface area contributed by atoms with Crippen molar-refractivity contribution in [2.24, 2.45) is 5.92 Å². The zero-order chi connectivity index (χ0) is 16.2. The normalized spacial score (nSPS) is 23.8. The summed E-state index contributed by atoms with van der Waals surface area (Å²) in [6.07, 6.45) is 1.06. The highest BCUT2D eigenvalue weighted by atomic mass is 79.9. The van der Waals surface area contributed by atoms with Crippen molar-refractivity contribution in [2.75, 3.05) is 46.1 Å². The number of hydrogen-bond acceptors (Lipinski definition) is 5. The number of rotatable bonds is 5. The standard InChI is InChI=1S/C15H20Br2N2O3S/c16-11-7-13(23-14(11)17)15(20)18-8-12(10-1-4-22-9-10)19-2-5-21-6-3-19/h7,10,12H,1-6,8-9H2,(H,18,20). The van der Waals surface area contributed by atoms with Crippen LogP contribution in [0.4, 0.5) is 0 Å². The Balaban J connectivity index is 1.62. The molecule has 1 aromatic heterocycles. The van der Waals surface area contributed by atoms with Crippen LogP contribution in [-0.2, 0) is 9.47 Å². The number of carbonyl (C=O) groups excluding carboxylic acids is 1. The van der Waals surface area contributed by atoms with Gasteiger partial charge in [0.1, 0.15) is 0 Å². The molecule has 0 aromatic carbocycles. The minimum absolute atomic E-state index is 0.0152. The van der Waals surface area contributed by atoms with Gasteiger partial charge in [-0.2, -0.15) is 0 Å². The fourth-order valence-electron chi connectivity index (χ4n) is 3.10. The van der Waals surface area contributed by atoms with Crippen molar-refractivity contribution < 1.29 is 14.3 Å². The third kappa shape index (κ3) is 4.55. The summed E-state index contributed by atoms with van der Waals surface area (Å²) >= 11 is 8.30. The Bertz CT molecular complexity index is 523.